The fraction of sp³-hybridized carbons (Fsp3) is 0.0833. The second kappa shape index (κ2) is 3.78. The first-order valence-electron chi connectivity index (χ1n) is 5.25. The molecule has 0 saturated carbocycles. The zero-order valence-electron chi connectivity index (χ0n) is 9.42. The van der Waals surface area contributed by atoms with E-state index in [1.807, 2.05) is 13.0 Å². The number of imidazole rings is 1. The molecule has 2 heterocycles. The van der Waals surface area contributed by atoms with Crippen molar-refractivity contribution in [3.63, 3.8) is 0 Å². The summed E-state index contributed by atoms with van der Waals surface area (Å²) in [5, 5.41) is 0.604. The lowest BCUT2D eigenvalue weighted by Gasteiger charge is -1.92. The Kier molecular flexibility index (Phi) is 2.34. The summed E-state index contributed by atoms with van der Waals surface area (Å²) >= 11 is 1.43. The largest absolute Gasteiger partial charge is 0.390 e. The Balaban J connectivity index is 2.25. The summed E-state index contributed by atoms with van der Waals surface area (Å²) in [6.07, 6.45) is 0. The van der Waals surface area contributed by atoms with Crippen LogP contribution in [0, 0.1) is 18.6 Å². The molecule has 2 aromatic heterocycles. The van der Waals surface area contributed by atoms with E-state index in [4.69, 9.17) is 5.73 Å². The molecule has 0 aliphatic heterocycles. The van der Waals surface area contributed by atoms with Gasteiger partial charge in [0.05, 0.1) is 16.1 Å². The van der Waals surface area contributed by atoms with Gasteiger partial charge in [-0.2, -0.15) is 0 Å². The molecule has 3 rings (SSSR count). The number of nitrogens with zero attached hydrogens (tertiary/aromatic N) is 1. The number of halogens is 2. The second-order valence-electron chi connectivity index (χ2n) is 4.00. The molecule has 0 fully saturated rings. The van der Waals surface area contributed by atoms with Crippen LogP contribution < -0.4 is 5.73 Å². The summed E-state index contributed by atoms with van der Waals surface area (Å²) in [6.45, 7) is 1.92. The summed E-state index contributed by atoms with van der Waals surface area (Å²) in [5.74, 6) is -0.862. The van der Waals surface area contributed by atoms with Crippen LogP contribution in [0.4, 0.5) is 13.8 Å². The van der Waals surface area contributed by atoms with E-state index in [2.05, 4.69) is 9.97 Å². The SMILES string of the molecule is Cc1cc(-c2nc3c(F)cc(F)cc3[nH]2)c(N)s1. The number of fused-ring (bicyclic) bond motifs is 1. The van der Waals surface area contributed by atoms with E-state index in [-0.39, 0.29) is 5.52 Å². The highest BCUT2D eigenvalue weighted by Crippen LogP contribution is 2.33. The summed E-state index contributed by atoms with van der Waals surface area (Å²) in [6, 6.07) is 3.89. The zero-order chi connectivity index (χ0) is 12.9. The van der Waals surface area contributed by atoms with Crippen molar-refractivity contribution in [2.75, 3.05) is 5.73 Å². The zero-order valence-corrected chi connectivity index (χ0v) is 10.2. The predicted octanol–water partition coefficient (Wildman–Crippen LogP) is 3.46. The van der Waals surface area contributed by atoms with Gasteiger partial charge in [0.15, 0.2) is 5.82 Å². The molecule has 92 valence electrons. The fourth-order valence-corrected chi connectivity index (χ4v) is 2.68. The maximum atomic E-state index is 13.5. The number of aromatic nitrogens is 2. The second-order valence-corrected chi connectivity index (χ2v) is 5.29. The van der Waals surface area contributed by atoms with Gasteiger partial charge in [0.1, 0.15) is 17.2 Å². The molecule has 0 aliphatic carbocycles. The number of rotatable bonds is 1. The number of nitrogens with one attached hydrogen (secondary N) is 1. The van der Waals surface area contributed by atoms with E-state index in [0.717, 1.165) is 10.9 Å². The van der Waals surface area contributed by atoms with Gasteiger partial charge in [-0.3, -0.25) is 0 Å². The Morgan fingerprint density at radius 1 is 1.28 bits per heavy atom. The van der Waals surface area contributed by atoms with E-state index in [0.29, 0.717) is 21.9 Å². The highest BCUT2D eigenvalue weighted by atomic mass is 32.1. The van der Waals surface area contributed by atoms with Crippen LogP contribution in [-0.2, 0) is 0 Å². The molecule has 0 aliphatic rings. The first kappa shape index (κ1) is 11.2. The van der Waals surface area contributed by atoms with E-state index in [1.54, 1.807) is 0 Å². The average molecular weight is 265 g/mol. The van der Waals surface area contributed by atoms with Gasteiger partial charge in [0, 0.05) is 10.9 Å². The number of nitrogens with two attached hydrogens (primary N) is 1. The van der Waals surface area contributed by atoms with Crippen LogP contribution >= 0.6 is 11.3 Å². The normalized spacial score (nSPS) is 11.3. The highest BCUT2D eigenvalue weighted by molar-refractivity contribution is 7.16. The van der Waals surface area contributed by atoms with E-state index >= 15 is 0 Å². The third-order valence-electron chi connectivity index (χ3n) is 2.64. The predicted molar refractivity (Wildman–Crippen MR) is 68.5 cm³/mol. The molecule has 0 atom stereocenters. The average Bonchev–Trinajstić information content (AvgIpc) is 2.81. The van der Waals surface area contributed by atoms with Crippen molar-refractivity contribution in [2.45, 2.75) is 6.92 Å². The topological polar surface area (TPSA) is 54.7 Å². The molecule has 6 heteroatoms. The number of benzene rings is 1. The third kappa shape index (κ3) is 1.65. The molecule has 0 spiro atoms. The lowest BCUT2D eigenvalue weighted by Crippen LogP contribution is -1.84. The minimum absolute atomic E-state index is 0.120. The van der Waals surface area contributed by atoms with Crippen LogP contribution in [0.2, 0.25) is 0 Å². The number of thiophene rings is 1. The Hall–Kier alpha value is -1.95. The van der Waals surface area contributed by atoms with Crippen molar-refractivity contribution >= 4 is 27.4 Å². The number of nitrogen functional groups attached to an aromatic ring is 1. The van der Waals surface area contributed by atoms with Gasteiger partial charge in [0.25, 0.3) is 0 Å². The highest BCUT2D eigenvalue weighted by Gasteiger charge is 2.14. The van der Waals surface area contributed by atoms with Crippen molar-refractivity contribution in [1.82, 2.24) is 9.97 Å². The summed E-state index contributed by atoms with van der Waals surface area (Å²) < 4.78 is 26.6. The molecule has 3 aromatic rings. The molecule has 0 unspecified atom stereocenters. The van der Waals surface area contributed by atoms with Crippen molar-refractivity contribution in [3.05, 3.63) is 34.7 Å². The maximum absolute atomic E-state index is 13.5. The lowest BCUT2D eigenvalue weighted by atomic mass is 10.3. The quantitative estimate of drug-likeness (QED) is 0.708. The Morgan fingerprint density at radius 2 is 2.06 bits per heavy atom. The molecule has 0 saturated heterocycles. The van der Waals surface area contributed by atoms with Crippen LogP contribution in [0.25, 0.3) is 22.4 Å². The van der Waals surface area contributed by atoms with Gasteiger partial charge < -0.3 is 10.7 Å². The monoisotopic (exact) mass is 265 g/mol. The summed E-state index contributed by atoms with van der Waals surface area (Å²) in [4.78, 5) is 8.05. The van der Waals surface area contributed by atoms with E-state index in [9.17, 15) is 8.78 Å². The molecular formula is C12H9F2N3S. The molecule has 1 aromatic carbocycles. The van der Waals surface area contributed by atoms with Crippen LogP contribution in [-0.4, -0.2) is 9.97 Å². The standard InChI is InChI=1S/C12H9F2N3S/c1-5-2-7(11(15)18-5)12-16-9-4-6(13)3-8(14)10(9)17-12/h2-4H,15H2,1H3,(H,16,17). The van der Waals surface area contributed by atoms with Crippen LogP contribution in [0.15, 0.2) is 18.2 Å². The lowest BCUT2D eigenvalue weighted by molar-refractivity contribution is 0.591. The minimum Gasteiger partial charge on any atom is -0.390 e. The van der Waals surface area contributed by atoms with Gasteiger partial charge in [-0.25, -0.2) is 13.8 Å². The van der Waals surface area contributed by atoms with Crippen molar-refractivity contribution in [1.29, 1.82) is 0 Å². The van der Waals surface area contributed by atoms with Gasteiger partial charge >= 0.3 is 0 Å². The fourth-order valence-electron chi connectivity index (χ4n) is 1.89. The number of hydrogen-bond donors (Lipinski definition) is 2. The van der Waals surface area contributed by atoms with Gasteiger partial charge in [0.2, 0.25) is 0 Å². The van der Waals surface area contributed by atoms with E-state index in [1.165, 1.54) is 17.4 Å². The number of hydrogen-bond acceptors (Lipinski definition) is 3. The third-order valence-corrected chi connectivity index (χ3v) is 3.52. The van der Waals surface area contributed by atoms with E-state index < -0.39 is 11.6 Å². The van der Waals surface area contributed by atoms with Gasteiger partial charge in [-0.05, 0) is 19.1 Å². The van der Waals surface area contributed by atoms with Crippen molar-refractivity contribution < 1.29 is 8.78 Å². The summed E-state index contributed by atoms with van der Waals surface area (Å²) in [7, 11) is 0. The molecule has 0 bridgehead atoms. The molecule has 0 amide bonds. The number of anilines is 1. The maximum Gasteiger partial charge on any atom is 0.153 e. The van der Waals surface area contributed by atoms with Crippen LogP contribution in [0.1, 0.15) is 4.88 Å². The summed E-state index contributed by atoms with van der Waals surface area (Å²) in [5.41, 5.74) is 7.01. The number of H-pyrrole nitrogens is 1. The minimum atomic E-state index is -0.682. The molecule has 18 heavy (non-hydrogen) atoms. The van der Waals surface area contributed by atoms with Crippen molar-refractivity contribution in [3.8, 4) is 11.4 Å². The Labute approximate surface area is 105 Å². The van der Waals surface area contributed by atoms with Crippen LogP contribution in [0.5, 0.6) is 0 Å². The molecule has 0 radical (unpaired) electrons. The smallest absolute Gasteiger partial charge is 0.153 e. The Morgan fingerprint density at radius 3 is 2.72 bits per heavy atom. The Bertz CT molecular complexity index is 745. The van der Waals surface area contributed by atoms with Gasteiger partial charge in [-0.15, -0.1) is 11.3 Å². The van der Waals surface area contributed by atoms with Gasteiger partial charge in [-0.1, -0.05) is 0 Å². The van der Waals surface area contributed by atoms with Crippen LogP contribution in [0.3, 0.4) is 0 Å². The van der Waals surface area contributed by atoms with Crippen molar-refractivity contribution in [2.24, 2.45) is 0 Å². The number of aryl methyl sites for hydroxylation is 1. The first-order chi connectivity index (χ1) is 8.54. The molecular weight excluding hydrogens is 256 g/mol. The number of aromatic amines is 1. The first-order valence-corrected chi connectivity index (χ1v) is 6.07. The molecule has 3 nitrogen and oxygen atoms in total. The molecule has 3 N–H and O–H groups in total.